The third-order valence-corrected chi connectivity index (χ3v) is 3.11. The number of anilines is 1. The molecule has 0 saturated heterocycles. The van der Waals surface area contributed by atoms with Crippen LogP contribution in [0.1, 0.15) is 19.4 Å². The fraction of sp³-hybridized carbons (Fsp3) is 0.538. The van der Waals surface area contributed by atoms with Crippen LogP contribution in [-0.2, 0) is 0 Å². The van der Waals surface area contributed by atoms with Gasteiger partial charge in [-0.1, -0.05) is 19.9 Å². The summed E-state index contributed by atoms with van der Waals surface area (Å²) >= 11 is 0. The molecule has 0 fully saturated rings. The predicted octanol–water partition coefficient (Wildman–Crippen LogP) is 1.46. The molecule has 2 aromatic rings. The third-order valence-electron chi connectivity index (χ3n) is 3.11. The van der Waals surface area contributed by atoms with Crippen LogP contribution in [0.25, 0.3) is 5.65 Å². The van der Waals surface area contributed by atoms with Gasteiger partial charge in [0.15, 0.2) is 5.65 Å². The van der Waals surface area contributed by atoms with Crippen molar-refractivity contribution in [3.05, 3.63) is 23.9 Å². The van der Waals surface area contributed by atoms with Crippen molar-refractivity contribution in [3.63, 3.8) is 0 Å². The highest BCUT2D eigenvalue weighted by molar-refractivity contribution is 5.50. The lowest BCUT2D eigenvalue weighted by Gasteiger charge is -2.28. The summed E-state index contributed by atoms with van der Waals surface area (Å²) in [5.74, 6) is 0.742. The summed E-state index contributed by atoms with van der Waals surface area (Å²) in [5.41, 5.74) is 7.85. The van der Waals surface area contributed by atoms with Gasteiger partial charge in [0.25, 0.3) is 0 Å². The van der Waals surface area contributed by atoms with Gasteiger partial charge in [0.05, 0.1) is 0 Å². The van der Waals surface area contributed by atoms with Crippen LogP contribution >= 0.6 is 0 Å². The number of aryl methyl sites for hydroxylation is 1. The Morgan fingerprint density at radius 3 is 2.78 bits per heavy atom. The van der Waals surface area contributed by atoms with E-state index in [9.17, 15) is 0 Å². The molecule has 5 heteroatoms. The first-order valence-corrected chi connectivity index (χ1v) is 6.16. The Hall–Kier alpha value is -1.62. The molecule has 0 atom stereocenters. The summed E-state index contributed by atoms with van der Waals surface area (Å²) in [4.78, 5) is 6.62. The first kappa shape index (κ1) is 12.8. The lowest BCUT2D eigenvalue weighted by Crippen LogP contribution is -2.37. The molecule has 0 bridgehead atoms. The Bertz CT molecular complexity index is 543. The zero-order chi connectivity index (χ0) is 13.3. The summed E-state index contributed by atoms with van der Waals surface area (Å²) in [7, 11) is 2.00. The molecular formula is C13H21N5. The predicted molar refractivity (Wildman–Crippen MR) is 73.8 cm³/mol. The van der Waals surface area contributed by atoms with Gasteiger partial charge in [0.2, 0.25) is 5.95 Å². The molecule has 0 aliphatic heterocycles. The maximum Gasteiger partial charge on any atom is 0.245 e. The second kappa shape index (κ2) is 4.57. The number of hydrogen-bond donors (Lipinski definition) is 1. The van der Waals surface area contributed by atoms with Crippen LogP contribution in [0.5, 0.6) is 0 Å². The Morgan fingerprint density at radius 1 is 1.44 bits per heavy atom. The molecular weight excluding hydrogens is 226 g/mol. The average molecular weight is 247 g/mol. The summed E-state index contributed by atoms with van der Waals surface area (Å²) in [6.45, 7) is 7.80. The molecule has 18 heavy (non-hydrogen) atoms. The van der Waals surface area contributed by atoms with Crippen LogP contribution in [0.4, 0.5) is 5.95 Å². The quantitative estimate of drug-likeness (QED) is 0.888. The van der Waals surface area contributed by atoms with E-state index in [1.54, 1.807) is 0 Å². The molecule has 2 heterocycles. The van der Waals surface area contributed by atoms with Crippen molar-refractivity contribution in [3.8, 4) is 0 Å². The van der Waals surface area contributed by atoms with Gasteiger partial charge >= 0.3 is 0 Å². The Labute approximate surface area is 108 Å². The van der Waals surface area contributed by atoms with Gasteiger partial charge < -0.3 is 10.6 Å². The first-order chi connectivity index (χ1) is 8.43. The van der Waals surface area contributed by atoms with E-state index in [2.05, 4.69) is 28.8 Å². The molecule has 0 aromatic carbocycles. The molecule has 2 rings (SSSR count). The van der Waals surface area contributed by atoms with E-state index in [4.69, 9.17) is 5.73 Å². The van der Waals surface area contributed by atoms with Gasteiger partial charge in [-0.2, -0.15) is 4.98 Å². The zero-order valence-corrected chi connectivity index (χ0v) is 11.5. The molecule has 0 unspecified atom stereocenters. The van der Waals surface area contributed by atoms with Gasteiger partial charge in [-0.05, 0) is 30.5 Å². The Balaban J connectivity index is 2.29. The van der Waals surface area contributed by atoms with E-state index in [0.29, 0.717) is 6.54 Å². The maximum absolute atomic E-state index is 5.76. The van der Waals surface area contributed by atoms with Crippen molar-refractivity contribution >= 4 is 11.6 Å². The molecule has 98 valence electrons. The summed E-state index contributed by atoms with van der Waals surface area (Å²) in [5, 5.41) is 4.48. The fourth-order valence-electron chi connectivity index (χ4n) is 1.97. The van der Waals surface area contributed by atoms with Gasteiger partial charge in [-0.15, -0.1) is 5.10 Å². The van der Waals surface area contributed by atoms with Crippen LogP contribution in [0.15, 0.2) is 18.3 Å². The van der Waals surface area contributed by atoms with Crippen molar-refractivity contribution in [1.82, 2.24) is 14.6 Å². The van der Waals surface area contributed by atoms with E-state index in [1.807, 2.05) is 36.8 Å². The van der Waals surface area contributed by atoms with E-state index in [1.165, 1.54) is 0 Å². The molecule has 0 aliphatic rings. The second-order valence-corrected chi connectivity index (χ2v) is 5.60. The molecule has 5 nitrogen and oxygen atoms in total. The lowest BCUT2D eigenvalue weighted by atomic mass is 9.93. The van der Waals surface area contributed by atoms with Gasteiger partial charge in [-0.3, -0.25) is 0 Å². The molecule has 0 radical (unpaired) electrons. The standard InChI is InChI=1S/C13H21N5/c1-10-6-5-7-18-11(10)15-12(16-18)17(4)9-13(2,3)8-14/h5-7H,8-9,14H2,1-4H3. The highest BCUT2D eigenvalue weighted by Crippen LogP contribution is 2.18. The highest BCUT2D eigenvalue weighted by atomic mass is 15.4. The number of rotatable bonds is 4. The molecule has 2 N–H and O–H groups in total. The smallest absolute Gasteiger partial charge is 0.245 e. The summed E-state index contributed by atoms with van der Waals surface area (Å²) in [6.07, 6.45) is 1.92. The van der Waals surface area contributed by atoms with Crippen molar-refractivity contribution in [2.45, 2.75) is 20.8 Å². The zero-order valence-electron chi connectivity index (χ0n) is 11.5. The van der Waals surface area contributed by atoms with Crippen molar-refractivity contribution in [2.24, 2.45) is 11.1 Å². The van der Waals surface area contributed by atoms with Crippen molar-refractivity contribution in [1.29, 1.82) is 0 Å². The maximum atomic E-state index is 5.76. The van der Waals surface area contributed by atoms with Crippen molar-refractivity contribution < 1.29 is 0 Å². The fourth-order valence-corrected chi connectivity index (χ4v) is 1.97. The normalized spacial score (nSPS) is 12.1. The van der Waals surface area contributed by atoms with Crippen molar-refractivity contribution in [2.75, 3.05) is 25.0 Å². The molecule has 0 amide bonds. The van der Waals surface area contributed by atoms with Crippen LogP contribution in [0, 0.1) is 12.3 Å². The number of pyridine rings is 1. The topological polar surface area (TPSA) is 59.5 Å². The number of fused-ring (bicyclic) bond motifs is 1. The molecule has 0 saturated carbocycles. The van der Waals surface area contributed by atoms with Gasteiger partial charge in [0, 0.05) is 19.8 Å². The number of nitrogens with two attached hydrogens (primary N) is 1. The monoisotopic (exact) mass is 247 g/mol. The summed E-state index contributed by atoms with van der Waals surface area (Å²) in [6, 6.07) is 4.02. The highest BCUT2D eigenvalue weighted by Gasteiger charge is 2.20. The average Bonchev–Trinajstić information content (AvgIpc) is 2.74. The lowest BCUT2D eigenvalue weighted by molar-refractivity contribution is 0.383. The molecule has 0 spiro atoms. The second-order valence-electron chi connectivity index (χ2n) is 5.60. The Morgan fingerprint density at radius 2 is 2.17 bits per heavy atom. The van der Waals surface area contributed by atoms with Crippen LogP contribution < -0.4 is 10.6 Å². The van der Waals surface area contributed by atoms with E-state index < -0.39 is 0 Å². The number of nitrogens with zero attached hydrogens (tertiary/aromatic N) is 4. The number of aromatic nitrogens is 3. The van der Waals surface area contributed by atoms with Crippen LogP contribution in [0.3, 0.4) is 0 Å². The number of hydrogen-bond acceptors (Lipinski definition) is 4. The third kappa shape index (κ3) is 2.46. The minimum atomic E-state index is 0.0568. The van der Waals surface area contributed by atoms with E-state index in [0.717, 1.165) is 23.7 Å². The van der Waals surface area contributed by atoms with E-state index >= 15 is 0 Å². The SMILES string of the molecule is Cc1cccn2nc(N(C)CC(C)(C)CN)nc12. The van der Waals surface area contributed by atoms with Gasteiger partial charge in [-0.25, -0.2) is 4.52 Å². The Kier molecular flexibility index (Phi) is 3.26. The van der Waals surface area contributed by atoms with Gasteiger partial charge in [0.1, 0.15) is 0 Å². The van der Waals surface area contributed by atoms with Crippen LogP contribution in [-0.4, -0.2) is 34.7 Å². The first-order valence-electron chi connectivity index (χ1n) is 6.16. The summed E-state index contributed by atoms with van der Waals surface area (Å²) < 4.78 is 1.82. The van der Waals surface area contributed by atoms with E-state index in [-0.39, 0.29) is 5.41 Å². The minimum absolute atomic E-state index is 0.0568. The van der Waals surface area contributed by atoms with Crippen LogP contribution in [0.2, 0.25) is 0 Å². The largest absolute Gasteiger partial charge is 0.342 e. The molecule has 0 aliphatic carbocycles. The minimum Gasteiger partial charge on any atom is -0.342 e. The molecule has 2 aromatic heterocycles.